The summed E-state index contributed by atoms with van der Waals surface area (Å²) in [5.41, 5.74) is 1.45. The first-order valence-corrected chi connectivity index (χ1v) is 7.27. The molecule has 0 saturated carbocycles. The number of fused-ring (bicyclic) bond motifs is 1. The molecule has 21 heavy (non-hydrogen) atoms. The summed E-state index contributed by atoms with van der Waals surface area (Å²) in [5.74, 6) is 0.725. The smallest absolute Gasteiger partial charge is 0.127 e. The Balaban J connectivity index is 1.89. The summed E-state index contributed by atoms with van der Waals surface area (Å²) in [4.78, 5) is 0. The lowest BCUT2D eigenvalue weighted by molar-refractivity contribution is 0.0917. The second-order valence-corrected chi connectivity index (χ2v) is 6.09. The van der Waals surface area contributed by atoms with E-state index in [2.05, 4.69) is 25.2 Å². The Labute approximate surface area is 125 Å². The van der Waals surface area contributed by atoms with Gasteiger partial charge in [0.05, 0.1) is 6.04 Å². The zero-order valence-corrected chi connectivity index (χ0v) is 12.6. The van der Waals surface area contributed by atoms with E-state index in [1.165, 1.54) is 6.07 Å². The Hall–Kier alpha value is -1.87. The number of para-hydroxylation sites is 1. The molecule has 0 saturated heterocycles. The van der Waals surface area contributed by atoms with Gasteiger partial charge < -0.3 is 4.74 Å². The number of ether oxygens (including phenoxy) is 1. The molecule has 1 aliphatic heterocycles. The highest BCUT2D eigenvalue weighted by Gasteiger charge is 2.41. The van der Waals surface area contributed by atoms with Crippen molar-refractivity contribution >= 4 is 0 Å². The normalized spacial score (nSPS) is 20.7. The molecule has 0 radical (unpaired) electrons. The predicted molar refractivity (Wildman–Crippen MR) is 81.8 cm³/mol. The van der Waals surface area contributed by atoms with E-state index in [9.17, 15) is 4.39 Å². The van der Waals surface area contributed by atoms with Gasteiger partial charge in [-0.3, -0.25) is 5.32 Å². The summed E-state index contributed by atoms with van der Waals surface area (Å²) in [7, 11) is 0. The Morgan fingerprint density at radius 2 is 1.76 bits per heavy atom. The first-order valence-electron chi connectivity index (χ1n) is 7.27. The van der Waals surface area contributed by atoms with Crippen LogP contribution in [0.25, 0.3) is 0 Å². The molecule has 0 aliphatic carbocycles. The van der Waals surface area contributed by atoms with Crippen LogP contribution in [0.2, 0.25) is 0 Å². The lowest BCUT2D eigenvalue weighted by atomic mass is 9.93. The zero-order chi connectivity index (χ0) is 15.0. The highest BCUT2D eigenvalue weighted by atomic mass is 19.1. The minimum atomic E-state index is -0.358. The van der Waals surface area contributed by atoms with Crippen molar-refractivity contribution in [2.75, 3.05) is 0 Å². The zero-order valence-electron chi connectivity index (χ0n) is 12.6. The van der Waals surface area contributed by atoms with Gasteiger partial charge in [-0.05, 0) is 32.9 Å². The largest absolute Gasteiger partial charge is 0.486 e. The van der Waals surface area contributed by atoms with Gasteiger partial charge in [0.15, 0.2) is 0 Å². The van der Waals surface area contributed by atoms with Crippen LogP contribution in [-0.4, -0.2) is 5.60 Å². The van der Waals surface area contributed by atoms with E-state index >= 15 is 0 Å². The lowest BCUT2D eigenvalue weighted by Gasteiger charge is -2.30. The molecule has 1 N–H and O–H groups in total. The van der Waals surface area contributed by atoms with E-state index in [1.807, 2.05) is 37.3 Å². The fourth-order valence-electron chi connectivity index (χ4n) is 2.99. The van der Waals surface area contributed by atoms with E-state index < -0.39 is 0 Å². The van der Waals surface area contributed by atoms with Crippen molar-refractivity contribution < 1.29 is 9.13 Å². The summed E-state index contributed by atoms with van der Waals surface area (Å²) in [6.07, 6.45) is 0. The molecule has 0 fully saturated rings. The molecule has 1 aliphatic rings. The third kappa shape index (κ3) is 2.54. The first kappa shape index (κ1) is 14.1. The van der Waals surface area contributed by atoms with Crippen LogP contribution in [0.5, 0.6) is 5.75 Å². The Bertz CT molecular complexity index is 653. The van der Waals surface area contributed by atoms with Crippen LogP contribution in [0, 0.1) is 5.82 Å². The van der Waals surface area contributed by atoms with Crippen LogP contribution in [0.15, 0.2) is 48.5 Å². The molecule has 0 spiro atoms. The van der Waals surface area contributed by atoms with Crippen LogP contribution in [0.3, 0.4) is 0 Å². The average Bonchev–Trinajstić information content (AvgIpc) is 2.70. The summed E-state index contributed by atoms with van der Waals surface area (Å²) in [6.45, 7) is 6.09. The van der Waals surface area contributed by atoms with E-state index in [4.69, 9.17) is 4.74 Å². The van der Waals surface area contributed by atoms with Crippen molar-refractivity contribution in [2.24, 2.45) is 0 Å². The average molecular weight is 285 g/mol. The third-order valence-corrected chi connectivity index (χ3v) is 4.09. The summed E-state index contributed by atoms with van der Waals surface area (Å²) in [6, 6.07) is 14.9. The molecular formula is C18H20FNO. The lowest BCUT2D eigenvalue weighted by Crippen LogP contribution is -2.40. The van der Waals surface area contributed by atoms with Crippen LogP contribution >= 0.6 is 0 Å². The molecule has 0 bridgehead atoms. The van der Waals surface area contributed by atoms with Crippen LogP contribution in [-0.2, 0) is 0 Å². The van der Waals surface area contributed by atoms with E-state index in [1.54, 1.807) is 6.07 Å². The molecule has 110 valence electrons. The van der Waals surface area contributed by atoms with Gasteiger partial charge in [-0.2, -0.15) is 0 Å². The van der Waals surface area contributed by atoms with Crippen LogP contribution in [0.1, 0.15) is 44.0 Å². The van der Waals surface area contributed by atoms with Crippen molar-refractivity contribution in [3.63, 3.8) is 0 Å². The number of hydrogen-bond acceptors (Lipinski definition) is 2. The molecule has 2 aromatic rings. The van der Waals surface area contributed by atoms with E-state index in [0.717, 1.165) is 11.3 Å². The molecule has 2 atom stereocenters. The summed E-state index contributed by atoms with van der Waals surface area (Å²) in [5, 5.41) is 3.52. The van der Waals surface area contributed by atoms with Crippen LogP contribution < -0.4 is 10.1 Å². The predicted octanol–water partition coefficient (Wildman–Crippen LogP) is 4.39. The maximum atomic E-state index is 13.9. The van der Waals surface area contributed by atoms with Crippen molar-refractivity contribution in [2.45, 2.75) is 38.5 Å². The molecule has 3 rings (SSSR count). The van der Waals surface area contributed by atoms with Crippen molar-refractivity contribution in [1.29, 1.82) is 0 Å². The van der Waals surface area contributed by atoms with Gasteiger partial charge in [0.2, 0.25) is 0 Å². The number of benzene rings is 2. The fourth-order valence-corrected chi connectivity index (χ4v) is 2.99. The van der Waals surface area contributed by atoms with Crippen LogP contribution in [0.4, 0.5) is 4.39 Å². The molecule has 1 heterocycles. The van der Waals surface area contributed by atoms with E-state index in [-0.39, 0.29) is 23.5 Å². The number of rotatable bonds is 3. The van der Waals surface area contributed by atoms with Crippen molar-refractivity contribution in [1.82, 2.24) is 5.32 Å². The van der Waals surface area contributed by atoms with Gasteiger partial charge in [-0.15, -0.1) is 0 Å². The summed E-state index contributed by atoms with van der Waals surface area (Å²) < 4.78 is 19.9. The Morgan fingerprint density at radius 1 is 1.10 bits per heavy atom. The second kappa shape index (κ2) is 5.15. The van der Waals surface area contributed by atoms with Gasteiger partial charge in [0.25, 0.3) is 0 Å². The minimum absolute atomic E-state index is 0.0308. The molecule has 2 nitrogen and oxygen atoms in total. The van der Waals surface area contributed by atoms with Gasteiger partial charge in [0.1, 0.15) is 17.2 Å². The SMILES string of the molecule is CC(NC1c2ccccc2OC1(C)C)c1ccccc1F. The Morgan fingerprint density at radius 3 is 2.52 bits per heavy atom. The second-order valence-electron chi connectivity index (χ2n) is 6.09. The topological polar surface area (TPSA) is 21.3 Å². The quantitative estimate of drug-likeness (QED) is 0.903. The molecule has 0 aromatic heterocycles. The Kier molecular flexibility index (Phi) is 3.46. The maximum absolute atomic E-state index is 13.9. The van der Waals surface area contributed by atoms with Gasteiger partial charge in [-0.1, -0.05) is 36.4 Å². The van der Waals surface area contributed by atoms with Crippen molar-refractivity contribution in [3.8, 4) is 5.75 Å². The number of halogens is 1. The van der Waals surface area contributed by atoms with E-state index in [0.29, 0.717) is 5.56 Å². The highest BCUT2D eigenvalue weighted by Crippen LogP contribution is 2.43. The standard InChI is InChI=1S/C18H20FNO/c1-12(13-8-4-6-10-15(13)19)20-17-14-9-5-7-11-16(14)21-18(17,2)3/h4-12,17,20H,1-3H3. The molecule has 2 unspecified atom stereocenters. The van der Waals surface area contributed by atoms with Gasteiger partial charge >= 0.3 is 0 Å². The fraction of sp³-hybridized carbons (Fsp3) is 0.333. The molecule has 0 amide bonds. The van der Waals surface area contributed by atoms with Crippen molar-refractivity contribution in [3.05, 3.63) is 65.5 Å². The maximum Gasteiger partial charge on any atom is 0.127 e. The monoisotopic (exact) mass is 285 g/mol. The van der Waals surface area contributed by atoms with Gasteiger partial charge in [-0.25, -0.2) is 4.39 Å². The molecule has 2 aromatic carbocycles. The summed E-state index contributed by atoms with van der Waals surface area (Å²) >= 11 is 0. The first-order chi connectivity index (χ1) is 9.99. The minimum Gasteiger partial charge on any atom is -0.486 e. The third-order valence-electron chi connectivity index (χ3n) is 4.09. The highest BCUT2D eigenvalue weighted by molar-refractivity contribution is 5.42. The number of hydrogen-bond donors (Lipinski definition) is 1. The molecular weight excluding hydrogens is 265 g/mol. The molecule has 3 heteroatoms. The van der Waals surface area contributed by atoms with Gasteiger partial charge in [0, 0.05) is 17.2 Å². The number of nitrogens with one attached hydrogen (secondary N) is 1.